The van der Waals surface area contributed by atoms with Gasteiger partial charge in [0.2, 0.25) is 0 Å². The van der Waals surface area contributed by atoms with E-state index in [4.69, 9.17) is 16.3 Å². The molecule has 27 heavy (non-hydrogen) atoms. The van der Waals surface area contributed by atoms with Crippen molar-refractivity contribution in [2.45, 2.75) is 90.5 Å². The summed E-state index contributed by atoms with van der Waals surface area (Å²) in [7, 11) is 0. The van der Waals surface area contributed by atoms with Crippen LogP contribution in [0, 0.1) is 28.6 Å². The first-order valence-electron chi connectivity index (χ1n) is 10.7. The van der Waals surface area contributed by atoms with Gasteiger partial charge in [-0.25, -0.2) is 0 Å². The molecular formula is C23H33ClO3. The molecule has 7 unspecified atom stereocenters. The topological polar surface area (TPSA) is 43.4 Å². The lowest BCUT2D eigenvalue weighted by Gasteiger charge is -2.55. The maximum absolute atomic E-state index is 12.3. The molecule has 0 amide bonds. The molecule has 150 valence electrons. The molecule has 4 aliphatic rings. The highest BCUT2D eigenvalue weighted by Crippen LogP contribution is 2.65. The largest absolute Gasteiger partial charge is 0.463 e. The summed E-state index contributed by atoms with van der Waals surface area (Å²) in [4.78, 5) is 23.7. The van der Waals surface area contributed by atoms with Crippen LogP contribution in [0.15, 0.2) is 11.1 Å². The van der Waals surface area contributed by atoms with E-state index in [1.54, 1.807) is 18.1 Å². The molecule has 3 fully saturated rings. The number of Topliss-reactive ketones (excluding diaryl/α,β-unsaturated/α-hetero) is 1. The molecular weight excluding hydrogens is 360 g/mol. The maximum atomic E-state index is 12.3. The van der Waals surface area contributed by atoms with E-state index in [-0.39, 0.29) is 34.2 Å². The summed E-state index contributed by atoms with van der Waals surface area (Å²) in [5.74, 6) is 1.56. The maximum Gasteiger partial charge on any atom is 0.302 e. The third kappa shape index (κ3) is 2.91. The monoisotopic (exact) mass is 392 g/mol. The van der Waals surface area contributed by atoms with Crippen LogP contribution in [-0.4, -0.2) is 23.2 Å². The Morgan fingerprint density at radius 3 is 2.52 bits per heavy atom. The van der Waals surface area contributed by atoms with Crippen LogP contribution in [0.3, 0.4) is 0 Å². The van der Waals surface area contributed by atoms with Gasteiger partial charge in [-0.1, -0.05) is 25.0 Å². The molecule has 0 aromatic rings. The van der Waals surface area contributed by atoms with E-state index in [2.05, 4.69) is 13.8 Å². The van der Waals surface area contributed by atoms with Crippen molar-refractivity contribution in [1.82, 2.24) is 0 Å². The van der Waals surface area contributed by atoms with Gasteiger partial charge >= 0.3 is 5.97 Å². The predicted molar refractivity (Wildman–Crippen MR) is 107 cm³/mol. The molecule has 0 aromatic carbocycles. The molecule has 0 bridgehead atoms. The molecule has 3 saturated carbocycles. The van der Waals surface area contributed by atoms with Crippen molar-refractivity contribution in [2.24, 2.45) is 28.6 Å². The van der Waals surface area contributed by atoms with Crippen LogP contribution in [0.2, 0.25) is 0 Å². The van der Waals surface area contributed by atoms with Crippen molar-refractivity contribution in [3.8, 4) is 0 Å². The summed E-state index contributed by atoms with van der Waals surface area (Å²) in [5.41, 5.74) is 3.32. The van der Waals surface area contributed by atoms with Crippen molar-refractivity contribution in [3.63, 3.8) is 0 Å². The van der Waals surface area contributed by atoms with Gasteiger partial charge in [-0.15, -0.1) is 11.6 Å². The van der Waals surface area contributed by atoms with Gasteiger partial charge in [0.15, 0.2) is 0 Å². The van der Waals surface area contributed by atoms with Crippen LogP contribution in [0.4, 0.5) is 0 Å². The summed E-state index contributed by atoms with van der Waals surface area (Å²) in [6.45, 7) is 7.94. The molecule has 0 saturated heterocycles. The third-order valence-corrected chi connectivity index (χ3v) is 9.36. The van der Waals surface area contributed by atoms with E-state index in [0.717, 1.165) is 44.9 Å². The highest BCUT2D eigenvalue weighted by molar-refractivity contribution is 6.21. The zero-order valence-electron chi connectivity index (χ0n) is 17.1. The van der Waals surface area contributed by atoms with Crippen LogP contribution >= 0.6 is 11.6 Å². The summed E-state index contributed by atoms with van der Waals surface area (Å²) < 4.78 is 5.56. The van der Waals surface area contributed by atoms with Crippen molar-refractivity contribution in [2.75, 3.05) is 0 Å². The lowest BCUT2D eigenvalue weighted by molar-refractivity contribution is -0.149. The van der Waals surface area contributed by atoms with Gasteiger partial charge < -0.3 is 4.74 Å². The van der Waals surface area contributed by atoms with Crippen molar-refractivity contribution >= 4 is 23.4 Å². The van der Waals surface area contributed by atoms with E-state index in [1.807, 2.05) is 0 Å². The highest BCUT2D eigenvalue weighted by Gasteiger charge is 2.58. The second-order valence-corrected chi connectivity index (χ2v) is 10.6. The molecule has 0 N–H and O–H groups in total. The van der Waals surface area contributed by atoms with Crippen LogP contribution < -0.4 is 0 Å². The second-order valence-electron chi connectivity index (χ2n) is 10.1. The van der Waals surface area contributed by atoms with Crippen LogP contribution in [0.25, 0.3) is 0 Å². The minimum Gasteiger partial charge on any atom is -0.463 e. The number of esters is 1. The molecule has 4 heteroatoms. The smallest absolute Gasteiger partial charge is 0.302 e. The van der Waals surface area contributed by atoms with Gasteiger partial charge in [-0.2, -0.15) is 0 Å². The van der Waals surface area contributed by atoms with Gasteiger partial charge in [0.05, 0.1) is 0 Å². The Hall–Kier alpha value is -0.830. The van der Waals surface area contributed by atoms with Crippen LogP contribution in [0.5, 0.6) is 0 Å². The van der Waals surface area contributed by atoms with E-state index in [0.29, 0.717) is 17.6 Å². The summed E-state index contributed by atoms with van der Waals surface area (Å²) in [6.07, 6.45) is 8.25. The summed E-state index contributed by atoms with van der Waals surface area (Å²) >= 11 is 7.05. The number of hydrogen-bond acceptors (Lipinski definition) is 3. The number of halogens is 1. The Bertz CT molecular complexity index is 698. The molecule has 3 nitrogen and oxygen atoms in total. The Kier molecular flexibility index (Phi) is 4.77. The average molecular weight is 393 g/mol. The molecule has 0 aliphatic heterocycles. The van der Waals surface area contributed by atoms with Gasteiger partial charge in [0, 0.05) is 23.6 Å². The van der Waals surface area contributed by atoms with Gasteiger partial charge in [0.25, 0.3) is 0 Å². The fraction of sp³-hybridized carbons (Fsp3) is 0.826. The zero-order chi connectivity index (χ0) is 19.6. The van der Waals surface area contributed by atoms with E-state index in [9.17, 15) is 9.59 Å². The molecule has 4 rings (SSSR count). The van der Waals surface area contributed by atoms with Gasteiger partial charge in [0.1, 0.15) is 11.9 Å². The predicted octanol–water partition coefficient (Wildman–Crippen LogP) is 5.45. The molecule has 0 heterocycles. The molecule has 0 aromatic heterocycles. The average Bonchev–Trinajstić information content (AvgIpc) is 2.92. The first kappa shape index (κ1) is 19.5. The minimum atomic E-state index is -0.186. The van der Waals surface area contributed by atoms with E-state index in [1.165, 1.54) is 13.3 Å². The Morgan fingerprint density at radius 2 is 1.85 bits per heavy atom. The molecule has 7 atom stereocenters. The highest BCUT2D eigenvalue weighted by atomic mass is 35.5. The third-order valence-electron chi connectivity index (χ3n) is 8.70. The molecule has 4 aliphatic carbocycles. The first-order chi connectivity index (χ1) is 12.7. The van der Waals surface area contributed by atoms with Crippen molar-refractivity contribution in [1.29, 1.82) is 0 Å². The van der Waals surface area contributed by atoms with E-state index < -0.39 is 0 Å². The fourth-order valence-electron chi connectivity index (χ4n) is 7.42. The number of carbonyl (C=O) groups is 2. The van der Waals surface area contributed by atoms with E-state index >= 15 is 0 Å². The van der Waals surface area contributed by atoms with Gasteiger partial charge in [-0.05, 0) is 75.5 Å². The lowest BCUT2D eigenvalue weighted by Crippen LogP contribution is -2.49. The minimum absolute atomic E-state index is 0.00270. The van der Waals surface area contributed by atoms with Crippen LogP contribution in [0.1, 0.15) is 79.1 Å². The number of ketones is 1. The summed E-state index contributed by atoms with van der Waals surface area (Å²) in [5, 5.41) is 0.0818. The number of carbonyl (C=O) groups excluding carboxylic acids is 2. The molecule has 0 radical (unpaired) electrons. The van der Waals surface area contributed by atoms with Gasteiger partial charge in [-0.3, -0.25) is 9.59 Å². The SMILES string of the molecule is CC(=O)OC1CCC2=C3CCC4(C)C(C(C)=O)CCC4C3CC(Cl)C2(C)C1. The number of fused-ring (bicyclic) bond motifs is 4. The lowest BCUT2D eigenvalue weighted by atomic mass is 9.51. The van der Waals surface area contributed by atoms with Crippen molar-refractivity contribution in [3.05, 3.63) is 11.1 Å². The standard InChI is InChI=1S/C23H33ClO3/c1-13(25)18-7-8-20-17-11-21(24)23(4)12-15(27-14(2)26)5-6-19(23)16(17)9-10-22(18,20)3/h15,17-18,20-21H,5-12H2,1-4H3. The van der Waals surface area contributed by atoms with Crippen LogP contribution in [-0.2, 0) is 14.3 Å². The number of allylic oxidation sites excluding steroid dienone is 2. The Labute approximate surface area is 168 Å². The number of ether oxygens (including phenoxy) is 1. The molecule has 0 spiro atoms. The number of hydrogen-bond donors (Lipinski definition) is 0. The zero-order valence-corrected chi connectivity index (χ0v) is 17.9. The number of alkyl halides is 1. The van der Waals surface area contributed by atoms with Crippen molar-refractivity contribution < 1.29 is 14.3 Å². The normalized spacial score (nSPS) is 46.3. The quantitative estimate of drug-likeness (QED) is 0.356. The Morgan fingerprint density at radius 1 is 1.11 bits per heavy atom. The second kappa shape index (κ2) is 6.61. The fourth-order valence-corrected chi connectivity index (χ4v) is 7.83. The number of rotatable bonds is 2. The first-order valence-corrected chi connectivity index (χ1v) is 11.1. The Balaban J connectivity index is 1.66. The summed E-state index contributed by atoms with van der Waals surface area (Å²) in [6, 6.07) is 0.